The summed E-state index contributed by atoms with van der Waals surface area (Å²) in [4.78, 5) is 25.4. The Balaban J connectivity index is 1.71. The fraction of sp³-hybridized carbons (Fsp3) is 0.667. The Morgan fingerprint density at radius 1 is 1.32 bits per heavy atom. The maximum atomic E-state index is 12.8. The van der Waals surface area contributed by atoms with Crippen LogP contribution in [0.3, 0.4) is 0 Å². The molecule has 3 rings (SSSR count). The summed E-state index contributed by atoms with van der Waals surface area (Å²) in [5.41, 5.74) is 0.446. The molecule has 120 valence electrons. The van der Waals surface area contributed by atoms with Gasteiger partial charge in [-0.2, -0.15) is 11.8 Å². The molecule has 0 spiro atoms. The molecule has 0 bridgehead atoms. The highest BCUT2D eigenvalue weighted by atomic mass is 32.2. The van der Waals surface area contributed by atoms with Crippen molar-refractivity contribution < 1.29 is 9.53 Å². The first-order valence-electron chi connectivity index (χ1n) is 7.79. The Morgan fingerprint density at radius 3 is 2.95 bits per heavy atom. The van der Waals surface area contributed by atoms with E-state index in [1.54, 1.807) is 18.6 Å². The fourth-order valence-corrected chi connectivity index (χ4v) is 3.94. The number of ether oxygens (including phenoxy) is 1. The molecule has 1 aromatic heterocycles. The van der Waals surface area contributed by atoms with Gasteiger partial charge in [0.25, 0.3) is 5.91 Å². The first-order valence-corrected chi connectivity index (χ1v) is 8.95. The average molecular weight is 322 g/mol. The second-order valence-corrected chi connectivity index (χ2v) is 6.73. The first kappa shape index (κ1) is 15.7. The van der Waals surface area contributed by atoms with E-state index in [4.69, 9.17) is 4.74 Å². The van der Waals surface area contributed by atoms with Crippen LogP contribution in [0.2, 0.25) is 0 Å². The SMILES string of the molecule is O=C(c1cnccn1)N1CCCSC[C@H]1CN1CCOCC1. The second-order valence-electron chi connectivity index (χ2n) is 5.58. The molecule has 0 N–H and O–H groups in total. The highest BCUT2D eigenvalue weighted by Gasteiger charge is 2.29. The summed E-state index contributed by atoms with van der Waals surface area (Å²) >= 11 is 1.94. The number of thioether (sulfide) groups is 1. The van der Waals surface area contributed by atoms with Gasteiger partial charge in [0.2, 0.25) is 0 Å². The van der Waals surface area contributed by atoms with Gasteiger partial charge in [0, 0.05) is 44.3 Å². The molecular formula is C15H22N4O2S. The van der Waals surface area contributed by atoms with E-state index in [2.05, 4.69) is 14.9 Å². The lowest BCUT2D eigenvalue weighted by Crippen LogP contribution is -2.50. The zero-order valence-electron chi connectivity index (χ0n) is 12.7. The van der Waals surface area contributed by atoms with Crippen molar-refractivity contribution in [1.29, 1.82) is 0 Å². The van der Waals surface area contributed by atoms with Crippen LogP contribution in [-0.4, -0.2) is 82.6 Å². The lowest BCUT2D eigenvalue weighted by Gasteiger charge is -2.35. The van der Waals surface area contributed by atoms with Gasteiger partial charge >= 0.3 is 0 Å². The van der Waals surface area contributed by atoms with E-state index in [0.717, 1.165) is 57.3 Å². The summed E-state index contributed by atoms with van der Waals surface area (Å²) < 4.78 is 5.41. The van der Waals surface area contributed by atoms with Gasteiger partial charge < -0.3 is 9.64 Å². The quantitative estimate of drug-likeness (QED) is 0.819. The Kier molecular flexibility index (Phi) is 5.64. The van der Waals surface area contributed by atoms with Crippen molar-refractivity contribution in [2.24, 2.45) is 0 Å². The van der Waals surface area contributed by atoms with Crippen LogP contribution in [0.15, 0.2) is 18.6 Å². The third-order valence-corrected chi connectivity index (χ3v) is 5.25. The third kappa shape index (κ3) is 3.97. The van der Waals surface area contributed by atoms with Gasteiger partial charge in [0.1, 0.15) is 5.69 Å². The fourth-order valence-electron chi connectivity index (χ4n) is 2.89. The monoisotopic (exact) mass is 322 g/mol. The van der Waals surface area contributed by atoms with Gasteiger partial charge in [-0.1, -0.05) is 0 Å². The largest absolute Gasteiger partial charge is 0.379 e. The molecule has 0 aliphatic carbocycles. The topological polar surface area (TPSA) is 58.6 Å². The molecule has 0 radical (unpaired) electrons. The van der Waals surface area contributed by atoms with Crippen LogP contribution in [0, 0.1) is 0 Å². The normalized spacial score (nSPS) is 24.0. The predicted molar refractivity (Wildman–Crippen MR) is 86.1 cm³/mol. The second kappa shape index (κ2) is 7.89. The minimum absolute atomic E-state index is 0.00820. The molecule has 2 aliphatic rings. The van der Waals surface area contributed by atoms with Crippen LogP contribution < -0.4 is 0 Å². The van der Waals surface area contributed by atoms with Crippen molar-refractivity contribution in [3.63, 3.8) is 0 Å². The number of hydrogen-bond donors (Lipinski definition) is 0. The number of carbonyl (C=O) groups excluding carboxylic acids is 1. The van der Waals surface area contributed by atoms with E-state index in [-0.39, 0.29) is 11.9 Å². The van der Waals surface area contributed by atoms with E-state index in [1.807, 2.05) is 16.7 Å². The van der Waals surface area contributed by atoms with Crippen molar-refractivity contribution in [2.45, 2.75) is 12.5 Å². The Morgan fingerprint density at radius 2 is 2.18 bits per heavy atom. The zero-order chi connectivity index (χ0) is 15.2. The van der Waals surface area contributed by atoms with Gasteiger partial charge in [0.15, 0.2) is 0 Å². The molecule has 0 saturated carbocycles. The number of morpholine rings is 1. The summed E-state index contributed by atoms with van der Waals surface area (Å²) in [5.74, 6) is 2.11. The standard InChI is InChI=1S/C15H22N4O2S/c20-15(14-10-16-2-3-17-14)19-4-1-9-22-12-13(19)11-18-5-7-21-8-6-18/h2-3,10,13H,1,4-9,11-12H2/t13-/m1/s1. The molecule has 7 heteroatoms. The van der Waals surface area contributed by atoms with Gasteiger partial charge in [-0.15, -0.1) is 0 Å². The highest BCUT2D eigenvalue weighted by molar-refractivity contribution is 7.99. The molecular weight excluding hydrogens is 300 g/mol. The molecule has 0 unspecified atom stereocenters. The average Bonchev–Trinajstić information content (AvgIpc) is 2.81. The number of rotatable bonds is 3. The number of amides is 1. The minimum Gasteiger partial charge on any atom is -0.379 e. The Labute approximate surface area is 135 Å². The van der Waals surface area contributed by atoms with Gasteiger partial charge in [-0.05, 0) is 12.2 Å². The van der Waals surface area contributed by atoms with E-state index >= 15 is 0 Å². The van der Waals surface area contributed by atoms with Crippen molar-refractivity contribution in [3.05, 3.63) is 24.3 Å². The number of nitrogens with zero attached hydrogens (tertiary/aromatic N) is 4. The maximum absolute atomic E-state index is 12.8. The summed E-state index contributed by atoms with van der Waals surface area (Å²) in [6.45, 7) is 5.21. The van der Waals surface area contributed by atoms with Crippen LogP contribution in [0.1, 0.15) is 16.9 Å². The molecule has 0 aromatic carbocycles. The van der Waals surface area contributed by atoms with Crippen LogP contribution in [0.4, 0.5) is 0 Å². The predicted octanol–water partition coefficient (Wildman–Crippen LogP) is 0.756. The number of hydrogen-bond acceptors (Lipinski definition) is 6. The van der Waals surface area contributed by atoms with Crippen molar-refractivity contribution in [2.75, 3.05) is 50.9 Å². The van der Waals surface area contributed by atoms with Gasteiger partial charge in [-0.25, -0.2) is 4.98 Å². The summed E-state index contributed by atoms with van der Waals surface area (Å²) in [5, 5.41) is 0. The lowest BCUT2D eigenvalue weighted by molar-refractivity contribution is 0.0244. The van der Waals surface area contributed by atoms with Crippen LogP contribution in [0.5, 0.6) is 0 Å². The van der Waals surface area contributed by atoms with E-state index in [9.17, 15) is 4.79 Å². The summed E-state index contributed by atoms with van der Waals surface area (Å²) in [6, 6.07) is 0.236. The van der Waals surface area contributed by atoms with Crippen molar-refractivity contribution >= 4 is 17.7 Å². The molecule has 1 amide bonds. The maximum Gasteiger partial charge on any atom is 0.274 e. The van der Waals surface area contributed by atoms with E-state index in [0.29, 0.717) is 5.69 Å². The van der Waals surface area contributed by atoms with Crippen LogP contribution in [-0.2, 0) is 4.74 Å². The molecule has 1 aromatic rings. The van der Waals surface area contributed by atoms with Crippen LogP contribution >= 0.6 is 11.8 Å². The molecule has 1 atom stereocenters. The minimum atomic E-state index is 0.00820. The molecule has 6 nitrogen and oxygen atoms in total. The van der Waals surface area contributed by atoms with Crippen molar-refractivity contribution in [1.82, 2.24) is 19.8 Å². The van der Waals surface area contributed by atoms with Crippen LogP contribution in [0.25, 0.3) is 0 Å². The summed E-state index contributed by atoms with van der Waals surface area (Å²) in [7, 11) is 0. The smallest absolute Gasteiger partial charge is 0.274 e. The Bertz CT molecular complexity index is 482. The van der Waals surface area contributed by atoms with E-state index in [1.165, 1.54) is 0 Å². The first-order chi connectivity index (χ1) is 10.8. The van der Waals surface area contributed by atoms with Gasteiger partial charge in [-0.3, -0.25) is 14.7 Å². The Hall–Kier alpha value is -1.18. The highest BCUT2D eigenvalue weighted by Crippen LogP contribution is 2.19. The molecule has 2 saturated heterocycles. The molecule has 22 heavy (non-hydrogen) atoms. The van der Waals surface area contributed by atoms with Gasteiger partial charge in [0.05, 0.1) is 25.5 Å². The molecule has 3 heterocycles. The molecule has 2 fully saturated rings. The molecule has 2 aliphatic heterocycles. The number of carbonyl (C=O) groups is 1. The third-order valence-electron chi connectivity index (χ3n) is 4.05. The zero-order valence-corrected chi connectivity index (χ0v) is 13.5. The lowest BCUT2D eigenvalue weighted by atomic mass is 10.2. The summed E-state index contributed by atoms with van der Waals surface area (Å²) in [6.07, 6.45) is 5.78. The number of aromatic nitrogens is 2. The van der Waals surface area contributed by atoms with E-state index < -0.39 is 0 Å². The van der Waals surface area contributed by atoms with Crippen molar-refractivity contribution in [3.8, 4) is 0 Å².